The van der Waals surface area contributed by atoms with Crippen LogP contribution in [0.3, 0.4) is 0 Å². The maximum absolute atomic E-state index is 12.9. The number of hydrogen-bond acceptors (Lipinski definition) is 5. The molecule has 3 rings (SSSR count). The molecule has 0 fully saturated rings. The number of halogens is 1. The quantitative estimate of drug-likeness (QED) is 0.656. The zero-order valence-electron chi connectivity index (χ0n) is 19.1. The topological polar surface area (TPSA) is 82.5 Å². The van der Waals surface area contributed by atoms with Crippen LogP contribution < -0.4 is 5.32 Å². The minimum absolute atomic E-state index is 0.0760. The first-order valence-corrected chi connectivity index (χ1v) is 11.6. The number of amides is 1. The molecular formula is C24H32ClN3O4. The Hall–Kier alpha value is -2.38. The molecule has 7 nitrogen and oxygen atoms in total. The molecule has 8 heteroatoms. The molecule has 0 atom stereocenters. The van der Waals surface area contributed by atoms with Crippen molar-refractivity contribution in [2.75, 3.05) is 26.4 Å². The van der Waals surface area contributed by atoms with Crippen molar-refractivity contribution >= 4 is 23.5 Å². The van der Waals surface area contributed by atoms with E-state index in [1.54, 1.807) is 24.3 Å². The molecule has 1 aromatic heterocycles. The minimum atomic E-state index is -0.450. The van der Waals surface area contributed by atoms with Crippen LogP contribution in [0.1, 0.15) is 65.7 Å². The van der Waals surface area contributed by atoms with Gasteiger partial charge in [-0.3, -0.25) is 9.48 Å². The maximum atomic E-state index is 12.9. The molecule has 0 spiro atoms. The molecule has 1 aliphatic heterocycles. The monoisotopic (exact) mass is 461 g/mol. The molecule has 2 aromatic rings. The average molecular weight is 462 g/mol. The van der Waals surface area contributed by atoms with Crippen LogP contribution in [0.15, 0.2) is 24.3 Å². The summed E-state index contributed by atoms with van der Waals surface area (Å²) in [5.74, 6) is -0.526. The number of aryl methyl sites for hydroxylation is 1. The Bertz CT molecular complexity index is 955. The van der Waals surface area contributed by atoms with Crippen LogP contribution in [0.25, 0.3) is 0 Å². The lowest BCUT2D eigenvalue weighted by atomic mass is 9.94. The Kier molecular flexibility index (Phi) is 8.32. The van der Waals surface area contributed by atoms with Gasteiger partial charge in [0.2, 0.25) is 0 Å². The molecule has 0 saturated heterocycles. The zero-order chi connectivity index (χ0) is 23.1. The summed E-state index contributed by atoms with van der Waals surface area (Å²) >= 11 is 6.11. The van der Waals surface area contributed by atoms with Crippen LogP contribution in [0.5, 0.6) is 0 Å². The van der Waals surface area contributed by atoms with E-state index < -0.39 is 11.4 Å². The van der Waals surface area contributed by atoms with Crippen LogP contribution >= 0.6 is 11.6 Å². The number of carbonyl (C=O) groups excluding carboxylic acids is 2. The fraction of sp³-hybridized carbons (Fsp3) is 0.542. The molecular weight excluding hydrogens is 430 g/mol. The van der Waals surface area contributed by atoms with Crippen molar-refractivity contribution in [2.24, 2.45) is 5.41 Å². The van der Waals surface area contributed by atoms with E-state index in [4.69, 9.17) is 26.2 Å². The third-order valence-corrected chi connectivity index (χ3v) is 5.74. The highest BCUT2D eigenvalue weighted by Crippen LogP contribution is 2.25. The molecule has 1 N–H and O–H groups in total. The van der Waals surface area contributed by atoms with Crippen molar-refractivity contribution < 1.29 is 19.1 Å². The number of rotatable bonds is 6. The van der Waals surface area contributed by atoms with E-state index in [-0.39, 0.29) is 12.5 Å². The maximum Gasteiger partial charge on any atom is 0.339 e. The number of aromatic nitrogens is 2. The van der Waals surface area contributed by atoms with Gasteiger partial charge in [0.05, 0.1) is 34.1 Å². The largest absolute Gasteiger partial charge is 0.461 e. The molecule has 174 valence electrons. The Morgan fingerprint density at radius 1 is 1.28 bits per heavy atom. The van der Waals surface area contributed by atoms with Gasteiger partial charge in [0.1, 0.15) is 0 Å². The predicted molar refractivity (Wildman–Crippen MR) is 123 cm³/mol. The number of ether oxygens (including phenoxy) is 2. The summed E-state index contributed by atoms with van der Waals surface area (Å²) in [4.78, 5) is 25.4. The summed E-state index contributed by atoms with van der Waals surface area (Å²) in [5, 5.41) is 8.13. The number of nitrogens with zero attached hydrogens (tertiary/aromatic N) is 2. The van der Waals surface area contributed by atoms with E-state index in [9.17, 15) is 9.59 Å². The molecule has 0 saturated carbocycles. The summed E-state index contributed by atoms with van der Waals surface area (Å²) in [6.07, 6.45) is 2.98. The van der Waals surface area contributed by atoms with Gasteiger partial charge in [0, 0.05) is 31.7 Å². The van der Waals surface area contributed by atoms with E-state index in [1.807, 2.05) is 25.5 Å². The van der Waals surface area contributed by atoms with E-state index in [0.717, 1.165) is 24.2 Å². The second-order valence-electron chi connectivity index (χ2n) is 8.83. The van der Waals surface area contributed by atoms with Gasteiger partial charge < -0.3 is 14.8 Å². The standard InChI is InChI=1S/C24H32ClN3O4/c1-4-19-21-20(11-7-13-31-14-8-12-26-22(21)29)28(27-19)15-24(2,3)16-32-23(30)17-9-5-6-10-18(17)25/h5-6,9-10H,4,7-8,11-16H2,1-3H3,(H,26,29). The van der Waals surface area contributed by atoms with Crippen LogP contribution in [0, 0.1) is 5.41 Å². The molecule has 0 radical (unpaired) electrons. The van der Waals surface area contributed by atoms with Gasteiger partial charge in [-0.05, 0) is 37.8 Å². The van der Waals surface area contributed by atoms with Crippen LogP contribution in [-0.4, -0.2) is 48.0 Å². The summed E-state index contributed by atoms with van der Waals surface area (Å²) in [6, 6.07) is 6.84. The van der Waals surface area contributed by atoms with Gasteiger partial charge in [0.25, 0.3) is 5.91 Å². The SMILES string of the molecule is CCc1nn(CC(C)(C)COC(=O)c2ccccc2Cl)c2c1C(=O)NCCCOCCC2. The van der Waals surface area contributed by atoms with Crippen molar-refractivity contribution in [3.8, 4) is 0 Å². The summed E-state index contributed by atoms with van der Waals surface area (Å²) in [7, 11) is 0. The van der Waals surface area contributed by atoms with E-state index in [2.05, 4.69) is 5.32 Å². The van der Waals surface area contributed by atoms with Gasteiger partial charge in [-0.25, -0.2) is 4.79 Å². The smallest absolute Gasteiger partial charge is 0.339 e. The first-order chi connectivity index (χ1) is 15.3. The van der Waals surface area contributed by atoms with Crippen molar-refractivity contribution in [1.29, 1.82) is 0 Å². The van der Waals surface area contributed by atoms with Gasteiger partial charge in [-0.15, -0.1) is 0 Å². The average Bonchev–Trinajstić information content (AvgIpc) is 3.08. The summed E-state index contributed by atoms with van der Waals surface area (Å²) in [5.41, 5.74) is 2.33. The Labute approximate surface area is 194 Å². The van der Waals surface area contributed by atoms with Crippen LogP contribution in [0.4, 0.5) is 0 Å². The molecule has 1 aromatic carbocycles. The van der Waals surface area contributed by atoms with Crippen molar-refractivity contribution in [2.45, 2.75) is 53.0 Å². The van der Waals surface area contributed by atoms with Gasteiger partial charge in [0.15, 0.2) is 0 Å². The fourth-order valence-electron chi connectivity index (χ4n) is 3.77. The number of benzene rings is 1. The Morgan fingerprint density at radius 2 is 2.03 bits per heavy atom. The normalized spacial score (nSPS) is 15.4. The van der Waals surface area contributed by atoms with Crippen molar-refractivity contribution in [1.82, 2.24) is 15.1 Å². The van der Waals surface area contributed by atoms with Crippen molar-refractivity contribution in [3.63, 3.8) is 0 Å². The summed E-state index contributed by atoms with van der Waals surface area (Å²) in [6.45, 7) is 8.62. The van der Waals surface area contributed by atoms with Gasteiger partial charge >= 0.3 is 5.97 Å². The highest BCUT2D eigenvalue weighted by molar-refractivity contribution is 6.33. The number of carbonyl (C=O) groups is 2. The molecule has 32 heavy (non-hydrogen) atoms. The Balaban J connectivity index is 1.78. The summed E-state index contributed by atoms with van der Waals surface area (Å²) < 4.78 is 13.1. The lowest BCUT2D eigenvalue weighted by Crippen LogP contribution is -2.29. The third kappa shape index (κ3) is 6.11. The number of esters is 1. The van der Waals surface area contributed by atoms with Gasteiger partial charge in [-0.2, -0.15) is 5.10 Å². The highest BCUT2D eigenvalue weighted by atomic mass is 35.5. The molecule has 1 amide bonds. The van der Waals surface area contributed by atoms with Crippen molar-refractivity contribution in [3.05, 3.63) is 51.8 Å². The zero-order valence-corrected chi connectivity index (χ0v) is 19.8. The van der Waals surface area contributed by atoms with Gasteiger partial charge in [-0.1, -0.05) is 44.5 Å². The molecule has 0 bridgehead atoms. The molecule has 0 aliphatic carbocycles. The first-order valence-electron chi connectivity index (χ1n) is 11.2. The second-order valence-corrected chi connectivity index (χ2v) is 9.23. The van der Waals surface area contributed by atoms with E-state index in [0.29, 0.717) is 55.3 Å². The first kappa shape index (κ1) is 24.3. The highest BCUT2D eigenvalue weighted by Gasteiger charge is 2.28. The predicted octanol–water partition coefficient (Wildman–Crippen LogP) is 4.06. The second kappa shape index (κ2) is 11.0. The van der Waals surface area contributed by atoms with E-state index >= 15 is 0 Å². The van der Waals surface area contributed by atoms with Crippen LogP contribution in [0.2, 0.25) is 5.02 Å². The minimum Gasteiger partial charge on any atom is -0.461 e. The van der Waals surface area contributed by atoms with E-state index in [1.165, 1.54) is 0 Å². The third-order valence-electron chi connectivity index (χ3n) is 5.41. The van der Waals surface area contributed by atoms with Crippen LogP contribution in [-0.2, 0) is 28.9 Å². The lowest BCUT2D eigenvalue weighted by Gasteiger charge is -2.25. The Morgan fingerprint density at radius 3 is 2.78 bits per heavy atom. The number of hydrogen-bond donors (Lipinski definition) is 1. The molecule has 0 unspecified atom stereocenters. The molecule has 2 heterocycles. The lowest BCUT2D eigenvalue weighted by molar-refractivity contribution is 0.0304. The number of nitrogens with one attached hydrogen (secondary N) is 1. The molecule has 1 aliphatic rings. The fourth-order valence-corrected chi connectivity index (χ4v) is 3.98. The number of fused-ring (bicyclic) bond motifs is 1.